The maximum absolute atomic E-state index is 13.0. The summed E-state index contributed by atoms with van der Waals surface area (Å²) < 4.78 is 1.84. The molecule has 7 nitrogen and oxygen atoms in total. The van der Waals surface area contributed by atoms with Crippen LogP contribution in [0.1, 0.15) is 43.4 Å². The first-order valence-electron chi connectivity index (χ1n) is 14.9. The van der Waals surface area contributed by atoms with E-state index in [1.54, 1.807) is 0 Å². The summed E-state index contributed by atoms with van der Waals surface area (Å²) in [5.41, 5.74) is 8.04. The van der Waals surface area contributed by atoms with Gasteiger partial charge in [0.2, 0.25) is 5.91 Å². The van der Waals surface area contributed by atoms with E-state index in [2.05, 4.69) is 74.5 Å². The molecule has 1 amide bonds. The number of likely N-dealkylation sites (tertiary alicyclic amines) is 2. The number of pyridine rings is 1. The Kier molecular flexibility index (Phi) is 6.97. The topological polar surface area (TPSA) is 66.6 Å². The van der Waals surface area contributed by atoms with Gasteiger partial charge in [0.05, 0.1) is 11.4 Å². The highest BCUT2D eigenvalue weighted by Crippen LogP contribution is 2.34. The quantitative estimate of drug-likeness (QED) is 0.266. The minimum Gasteiger partial charge on any atom is -0.342 e. The number of piperidine rings is 2. The van der Waals surface area contributed by atoms with E-state index in [1.807, 2.05) is 29.8 Å². The lowest BCUT2D eigenvalue weighted by Gasteiger charge is -2.35. The van der Waals surface area contributed by atoms with Crippen molar-refractivity contribution in [2.75, 3.05) is 26.2 Å². The second kappa shape index (κ2) is 11.1. The molecule has 7 rings (SSSR count). The van der Waals surface area contributed by atoms with Crippen LogP contribution in [0.25, 0.3) is 39.1 Å². The normalized spacial score (nSPS) is 17.0. The lowest BCUT2D eigenvalue weighted by atomic mass is 9.94. The molecule has 2 aliphatic rings. The Morgan fingerprint density at radius 3 is 2.39 bits per heavy atom. The standard InChI is InChI=1S/C34H36N6O/c1-24-20-31-35-22-29-21-30(26-8-4-2-5-9-26)32(36-33(29)40(31)37-24)27-12-10-25(11-13-27)23-38-18-14-28(15-19-38)34(41)39-16-6-3-7-17-39/h2,4-5,8-13,20-22,28H,3,6-7,14-19,23H2,1H3. The molecule has 0 unspecified atom stereocenters. The smallest absolute Gasteiger partial charge is 0.225 e. The van der Waals surface area contributed by atoms with Gasteiger partial charge >= 0.3 is 0 Å². The number of aromatic nitrogens is 4. The predicted octanol–water partition coefficient (Wildman–Crippen LogP) is 6.14. The van der Waals surface area contributed by atoms with Crippen molar-refractivity contribution in [1.29, 1.82) is 0 Å². The molecule has 0 atom stereocenters. The first kappa shape index (κ1) is 25.8. The van der Waals surface area contributed by atoms with E-state index in [1.165, 1.54) is 12.0 Å². The Labute approximate surface area is 240 Å². The van der Waals surface area contributed by atoms with Gasteiger partial charge in [-0.3, -0.25) is 9.69 Å². The largest absolute Gasteiger partial charge is 0.342 e. The maximum atomic E-state index is 13.0. The molecule has 0 N–H and O–H groups in total. The van der Waals surface area contributed by atoms with Gasteiger partial charge in [-0.25, -0.2) is 9.97 Å². The van der Waals surface area contributed by atoms with E-state index < -0.39 is 0 Å². The van der Waals surface area contributed by atoms with Gasteiger partial charge < -0.3 is 4.90 Å². The summed E-state index contributed by atoms with van der Waals surface area (Å²) in [6, 6.07) is 23.4. The number of fused-ring (bicyclic) bond motifs is 3. The van der Waals surface area contributed by atoms with Crippen LogP contribution in [0.15, 0.2) is 72.9 Å². The third-order valence-corrected chi connectivity index (χ3v) is 8.70. The molecule has 0 radical (unpaired) electrons. The third kappa shape index (κ3) is 5.22. The van der Waals surface area contributed by atoms with E-state index >= 15 is 0 Å². The Balaban J connectivity index is 1.12. The SMILES string of the molecule is Cc1cc2ncc3cc(-c4ccccc4)c(-c4ccc(CN5CCC(C(=O)N6CCCCC6)CC5)cc4)nc3n2n1. The molecular weight excluding hydrogens is 508 g/mol. The Morgan fingerprint density at radius 1 is 0.878 bits per heavy atom. The summed E-state index contributed by atoms with van der Waals surface area (Å²) in [5.74, 6) is 0.589. The number of hydrogen-bond acceptors (Lipinski definition) is 5. The summed E-state index contributed by atoms with van der Waals surface area (Å²) in [6.07, 6.45) is 7.40. The van der Waals surface area contributed by atoms with Crippen molar-refractivity contribution in [3.63, 3.8) is 0 Å². The molecule has 5 aromatic rings. The van der Waals surface area contributed by atoms with E-state index in [0.717, 1.165) is 103 Å². The number of amides is 1. The molecule has 41 heavy (non-hydrogen) atoms. The van der Waals surface area contributed by atoms with Crippen molar-refractivity contribution < 1.29 is 4.79 Å². The summed E-state index contributed by atoms with van der Waals surface area (Å²) >= 11 is 0. The van der Waals surface area contributed by atoms with Gasteiger partial charge in [0.15, 0.2) is 11.3 Å². The molecule has 0 spiro atoms. The monoisotopic (exact) mass is 544 g/mol. The van der Waals surface area contributed by atoms with Crippen molar-refractivity contribution >= 4 is 22.6 Å². The number of nitrogens with zero attached hydrogens (tertiary/aromatic N) is 6. The second-order valence-corrected chi connectivity index (χ2v) is 11.6. The summed E-state index contributed by atoms with van der Waals surface area (Å²) in [6.45, 7) is 6.74. The Morgan fingerprint density at radius 2 is 1.63 bits per heavy atom. The summed E-state index contributed by atoms with van der Waals surface area (Å²) in [5, 5.41) is 5.62. The van der Waals surface area contributed by atoms with Crippen LogP contribution in [-0.4, -0.2) is 61.5 Å². The zero-order chi connectivity index (χ0) is 27.8. The van der Waals surface area contributed by atoms with E-state index in [4.69, 9.17) is 4.98 Å². The zero-order valence-electron chi connectivity index (χ0n) is 23.7. The van der Waals surface area contributed by atoms with Gasteiger partial charge in [-0.1, -0.05) is 54.6 Å². The van der Waals surface area contributed by atoms with Crippen LogP contribution in [0.5, 0.6) is 0 Å². The molecule has 2 saturated heterocycles. The molecule has 2 fully saturated rings. The predicted molar refractivity (Wildman–Crippen MR) is 162 cm³/mol. The van der Waals surface area contributed by atoms with Gasteiger partial charge in [0.25, 0.3) is 0 Å². The van der Waals surface area contributed by atoms with Crippen LogP contribution in [0, 0.1) is 12.8 Å². The molecule has 208 valence electrons. The van der Waals surface area contributed by atoms with Crippen LogP contribution < -0.4 is 0 Å². The number of aryl methyl sites for hydroxylation is 1. The van der Waals surface area contributed by atoms with E-state index in [0.29, 0.717) is 5.91 Å². The van der Waals surface area contributed by atoms with Crippen molar-refractivity contribution in [3.8, 4) is 22.4 Å². The first-order valence-corrected chi connectivity index (χ1v) is 14.9. The Bertz CT molecular complexity index is 1680. The van der Waals surface area contributed by atoms with Gasteiger partial charge in [0, 0.05) is 54.3 Å². The van der Waals surface area contributed by atoms with E-state index in [-0.39, 0.29) is 5.92 Å². The number of carbonyl (C=O) groups excluding carboxylic acids is 1. The number of rotatable bonds is 5. The Hall–Kier alpha value is -4.10. The average Bonchev–Trinajstić information content (AvgIpc) is 3.42. The molecule has 3 aromatic heterocycles. The molecule has 5 heterocycles. The van der Waals surface area contributed by atoms with Crippen LogP contribution >= 0.6 is 0 Å². The van der Waals surface area contributed by atoms with Crippen LogP contribution in [0.2, 0.25) is 0 Å². The molecule has 2 aliphatic heterocycles. The van der Waals surface area contributed by atoms with Crippen molar-refractivity contribution in [1.82, 2.24) is 29.4 Å². The van der Waals surface area contributed by atoms with Crippen molar-refractivity contribution in [2.24, 2.45) is 5.92 Å². The lowest BCUT2D eigenvalue weighted by molar-refractivity contribution is -0.138. The molecular formula is C34H36N6O. The van der Waals surface area contributed by atoms with Crippen molar-refractivity contribution in [2.45, 2.75) is 45.6 Å². The molecule has 2 aromatic carbocycles. The van der Waals surface area contributed by atoms with Crippen LogP contribution in [-0.2, 0) is 11.3 Å². The minimum atomic E-state index is 0.197. The van der Waals surface area contributed by atoms with Gasteiger partial charge in [-0.05, 0) is 69.3 Å². The highest BCUT2D eigenvalue weighted by molar-refractivity contribution is 5.90. The van der Waals surface area contributed by atoms with Gasteiger partial charge in [0.1, 0.15) is 0 Å². The highest BCUT2D eigenvalue weighted by atomic mass is 16.2. The zero-order valence-corrected chi connectivity index (χ0v) is 23.7. The van der Waals surface area contributed by atoms with Gasteiger partial charge in [-0.2, -0.15) is 9.61 Å². The summed E-state index contributed by atoms with van der Waals surface area (Å²) in [4.78, 5) is 27.4. The molecule has 0 bridgehead atoms. The third-order valence-electron chi connectivity index (χ3n) is 8.70. The van der Waals surface area contributed by atoms with Gasteiger partial charge in [-0.15, -0.1) is 0 Å². The molecule has 7 heteroatoms. The summed E-state index contributed by atoms with van der Waals surface area (Å²) in [7, 11) is 0. The molecule has 0 saturated carbocycles. The van der Waals surface area contributed by atoms with Crippen LogP contribution in [0.4, 0.5) is 0 Å². The average molecular weight is 545 g/mol. The minimum absolute atomic E-state index is 0.197. The maximum Gasteiger partial charge on any atom is 0.225 e. The second-order valence-electron chi connectivity index (χ2n) is 11.6. The fourth-order valence-electron chi connectivity index (χ4n) is 6.45. The number of benzene rings is 2. The lowest BCUT2D eigenvalue weighted by Crippen LogP contribution is -2.44. The number of hydrogen-bond donors (Lipinski definition) is 0. The fourth-order valence-corrected chi connectivity index (χ4v) is 6.45. The highest BCUT2D eigenvalue weighted by Gasteiger charge is 2.29. The number of carbonyl (C=O) groups is 1. The molecule has 0 aliphatic carbocycles. The van der Waals surface area contributed by atoms with Crippen molar-refractivity contribution in [3.05, 3.63) is 84.2 Å². The van der Waals surface area contributed by atoms with E-state index in [9.17, 15) is 4.79 Å². The fraction of sp³-hybridized carbons (Fsp3) is 0.353. The first-order chi connectivity index (χ1) is 20.1. The van der Waals surface area contributed by atoms with Crippen LogP contribution in [0.3, 0.4) is 0 Å².